The highest BCUT2D eigenvalue weighted by Gasteiger charge is 2.05. The van der Waals surface area contributed by atoms with E-state index in [1.165, 1.54) is 0 Å². The maximum absolute atomic E-state index is 8.46. The number of hydrogen-bond acceptors (Lipinski definition) is 4. The Labute approximate surface area is 90.5 Å². The molecule has 0 saturated carbocycles. The molecule has 14 heavy (non-hydrogen) atoms. The van der Waals surface area contributed by atoms with Crippen molar-refractivity contribution in [2.45, 2.75) is 19.8 Å². The van der Waals surface area contributed by atoms with Crippen molar-refractivity contribution in [1.29, 1.82) is 0 Å². The number of hydrogen-bond donors (Lipinski definition) is 2. The Morgan fingerprint density at radius 2 is 2.21 bits per heavy atom. The Balaban J connectivity index is 3.76. The summed E-state index contributed by atoms with van der Waals surface area (Å²) in [6.45, 7) is 4.72. The molecule has 0 unspecified atom stereocenters. The molecule has 0 heterocycles. The molecule has 0 rings (SSSR count). The number of nitrogens with zero attached hydrogens (tertiary/aromatic N) is 2. The summed E-state index contributed by atoms with van der Waals surface area (Å²) in [7, 11) is 0. The van der Waals surface area contributed by atoms with E-state index in [1.807, 2.05) is 11.8 Å². The lowest BCUT2D eigenvalue weighted by Gasteiger charge is -2.20. The number of amidine groups is 1. The monoisotopic (exact) mass is 219 g/mol. The largest absolute Gasteiger partial charge is 0.409 e. The molecule has 0 fully saturated rings. The summed E-state index contributed by atoms with van der Waals surface area (Å²) in [4.78, 5) is 2.21. The molecule has 0 aromatic heterocycles. The van der Waals surface area contributed by atoms with Crippen molar-refractivity contribution in [3.8, 4) is 0 Å². The standard InChI is InChI=1S/C9H21N3OS/c1-3-5-12(6-4-7-14-2)8-9(10)11-13/h13H,3-8H2,1-2H3,(H2,10,11). The molecule has 0 radical (unpaired) electrons. The zero-order valence-electron chi connectivity index (χ0n) is 9.07. The molecule has 0 aliphatic rings. The van der Waals surface area contributed by atoms with Crippen molar-refractivity contribution in [2.24, 2.45) is 10.9 Å². The van der Waals surface area contributed by atoms with Crippen LogP contribution in [0.2, 0.25) is 0 Å². The van der Waals surface area contributed by atoms with E-state index in [0.29, 0.717) is 12.4 Å². The van der Waals surface area contributed by atoms with Crippen molar-refractivity contribution in [3.05, 3.63) is 0 Å². The zero-order chi connectivity index (χ0) is 10.8. The highest BCUT2D eigenvalue weighted by molar-refractivity contribution is 7.98. The van der Waals surface area contributed by atoms with E-state index in [1.54, 1.807) is 0 Å². The van der Waals surface area contributed by atoms with Gasteiger partial charge in [-0.2, -0.15) is 11.8 Å². The van der Waals surface area contributed by atoms with Gasteiger partial charge in [-0.15, -0.1) is 0 Å². The van der Waals surface area contributed by atoms with Crippen LogP contribution in [0.1, 0.15) is 19.8 Å². The van der Waals surface area contributed by atoms with Gasteiger partial charge in [0.15, 0.2) is 5.84 Å². The van der Waals surface area contributed by atoms with Gasteiger partial charge >= 0.3 is 0 Å². The van der Waals surface area contributed by atoms with Crippen LogP contribution >= 0.6 is 11.8 Å². The van der Waals surface area contributed by atoms with Gasteiger partial charge in [0.1, 0.15) is 0 Å². The minimum Gasteiger partial charge on any atom is -0.409 e. The molecule has 0 saturated heterocycles. The molecule has 0 amide bonds. The van der Waals surface area contributed by atoms with Gasteiger partial charge in [0, 0.05) is 0 Å². The maximum atomic E-state index is 8.46. The Morgan fingerprint density at radius 1 is 1.50 bits per heavy atom. The van der Waals surface area contributed by atoms with Crippen LogP contribution in [-0.2, 0) is 0 Å². The topological polar surface area (TPSA) is 61.8 Å². The van der Waals surface area contributed by atoms with Crippen molar-refractivity contribution < 1.29 is 5.21 Å². The second-order valence-corrected chi connectivity index (χ2v) is 4.20. The molecule has 0 atom stereocenters. The fraction of sp³-hybridized carbons (Fsp3) is 0.889. The smallest absolute Gasteiger partial charge is 0.153 e. The first-order valence-corrected chi connectivity index (χ1v) is 6.31. The summed E-state index contributed by atoms with van der Waals surface area (Å²) in [5, 5.41) is 11.4. The van der Waals surface area contributed by atoms with Crippen LogP contribution in [0.5, 0.6) is 0 Å². The quantitative estimate of drug-likeness (QED) is 0.212. The fourth-order valence-corrected chi connectivity index (χ4v) is 1.70. The lowest BCUT2D eigenvalue weighted by atomic mass is 10.3. The van der Waals surface area contributed by atoms with Crippen molar-refractivity contribution >= 4 is 17.6 Å². The van der Waals surface area contributed by atoms with Crippen LogP contribution in [0.4, 0.5) is 0 Å². The molecule has 0 aromatic carbocycles. The normalized spacial score (nSPS) is 12.4. The van der Waals surface area contributed by atoms with Crippen LogP contribution < -0.4 is 5.73 Å². The molecule has 0 aromatic rings. The van der Waals surface area contributed by atoms with E-state index in [4.69, 9.17) is 10.9 Å². The van der Waals surface area contributed by atoms with Gasteiger partial charge in [0.25, 0.3) is 0 Å². The molecule has 84 valence electrons. The highest BCUT2D eigenvalue weighted by atomic mass is 32.2. The molecule has 3 N–H and O–H groups in total. The molecular weight excluding hydrogens is 198 g/mol. The van der Waals surface area contributed by atoms with Crippen LogP contribution in [0.3, 0.4) is 0 Å². The molecular formula is C9H21N3OS. The molecule has 0 aliphatic carbocycles. The Morgan fingerprint density at radius 3 is 2.71 bits per heavy atom. The molecule has 0 bridgehead atoms. The second-order valence-electron chi connectivity index (χ2n) is 3.21. The predicted molar refractivity (Wildman–Crippen MR) is 63.1 cm³/mol. The fourth-order valence-electron chi connectivity index (χ4n) is 1.28. The maximum Gasteiger partial charge on any atom is 0.153 e. The van der Waals surface area contributed by atoms with Crippen LogP contribution in [0.25, 0.3) is 0 Å². The first-order valence-electron chi connectivity index (χ1n) is 4.92. The minimum atomic E-state index is 0.294. The second kappa shape index (κ2) is 9.15. The van der Waals surface area contributed by atoms with Gasteiger partial charge in [0.05, 0.1) is 6.54 Å². The van der Waals surface area contributed by atoms with Crippen molar-refractivity contribution in [1.82, 2.24) is 4.90 Å². The lowest BCUT2D eigenvalue weighted by Crippen LogP contribution is -2.35. The molecule has 0 spiro atoms. The average Bonchev–Trinajstić information content (AvgIpc) is 2.18. The summed E-state index contributed by atoms with van der Waals surface area (Å²) >= 11 is 1.85. The zero-order valence-corrected chi connectivity index (χ0v) is 9.89. The lowest BCUT2D eigenvalue weighted by molar-refractivity contribution is 0.292. The van der Waals surface area contributed by atoms with Gasteiger partial charge in [-0.25, -0.2) is 0 Å². The van der Waals surface area contributed by atoms with Gasteiger partial charge in [-0.1, -0.05) is 12.1 Å². The van der Waals surface area contributed by atoms with E-state index in [9.17, 15) is 0 Å². The van der Waals surface area contributed by atoms with E-state index in [0.717, 1.165) is 31.7 Å². The third kappa shape index (κ3) is 7.03. The Bertz CT molecular complexity index is 164. The van der Waals surface area contributed by atoms with E-state index in [-0.39, 0.29) is 0 Å². The van der Waals surface area contributed by atoms with E-state index < -0.39 is 0 Å². The number of thioether (sulfide) groups is 1. The Hall–Kier alpha value is -0.420. The van der Waals surface area contributed by atoms with Crippen molar-refractivity contribution in [2.75, 3.05) is 31.6 Å². The van der Waals surface area contributed by atoms with Crippen molar-refractivity contribution in [3.63, 3.8) is 0 Å². The highest BCUT2D eigenvalue weighted by Crippen LogP contribution is 1.99. The first-order chi connectivity index (χ1) is 6.74. The predicted octanol–water partition coefficient (Wildman–Crippen LogP) is 1.20. The third-order valence-electron chi connectivity index (χ3n) is 1.88. The van der Waals surface area contributed by atoms with Crippen LogP contribution in [-0.4, -0.2) is 47.6 Å². The first kappa shape index (κ1) is 13.6. The van der Waals surface area contributed by atoms with E-state index in [2.05, 4.69) is 23.2 Å². The summed E-state index contributed by atoms with van der Waals surface area (Å²) in [5.41, 5.74) is 5.46. The van der Waals surface area contributed by atoms with Gasteiger partial charge in [-0.3, -0.25) is 4.90 Å². The molecule has 0 aliphatic heterocycles. The van der Waals surface area contributed by atoms with Crippen LogP contribution in [0.15, 0.2) is 5.16 Å². The number of nitrogens with two attached hydrogens (primary N) is 1. The molecule has 4 nitrogen and oxygen atoms in total. The minimum absolute atomic E-state index is 0.294. The van der Waals surface area contributed by atoms with E-state index >= 15 is 0 Å². The van der Waals surface area contributed by atoms with Crippen LogP contribution in [0, 0.1) is 0 Å². The molecule has 5 heteroatoms. The summed E-state index contributed by atoms with van der Waals surface area (Å²) in [5.74, 6) is 1.46. The average molecular weight is 219 g/mol. The summed E-state index contributed by atoms with van der Waals surface area (Å²) in [6, 6.07) is 0. The van der Waals surface area contributed by atoms with Gasteiger partial charge in [-0.05, 0) is 37.9 Å². The van der Waals surface area contributed by atoms with Gasteiger partial charge < -0.3 is 10.9 Å². The SMILES string of the molecule is CCCN(CCCSC)CC(N)=NO. The third-order valence-corrected chi connectivity index (χ3v) is 2.57. The Kier molecular flexibility index (Phi) is 8.87. The van der Waals surface area contributed by atoms with Gasteiger partial charge in [0.2, 0.25) is 0 Å². The number of rotatable bonds is 8. The summed E-state index contributed by atoms with van der Waals surface area (Å²) < 4.78 is 0. The number of oxime groups is 1. The summed E-state index contributed by atoms with van der Waals surface area (Å²) in [6.07, 6.45) is 4.35.